The van der Waals surface area contributed by atoms with Crippen LogP contribution in [0.4, 0.5) is 10.1 Å². The van der Waals surface area contributed by atoms with E-state index in [0.29, 0.717) is 11.3 Å². The van der Waals surface area contributed by atoms with Crippen LogP contribution >= 0.6 is 0 Å². The molecule has 2 aromatic rings. The summed E-state index contributed by atoms with van der Waals surface area (Å²) in [5.41, 5.74) is 3.52. The van der Waals surface area contributed by atoms with Crippen LogP contribution in [0.25, 0.3) is 11.3 Å². The van der Waals surface area contributed by atoms with Crippen LogP contribution in [-0.4, -0.2) is 22.4 Å². The SMILES string of the molecule is CC.CNc1c(C)nnc(-c2ccc(F)cc2O)c1C. The molecular formula is C15H20FN3O. The van der Waals surface area contributed by atoms with Gasteiger partial charge in [-0.25, -0.2) is 4.39 Å². The third-order valence-corrected chi connectivity index (χ3v) is 2.86. The van der Waals surface area contributed by atoms with Gasteiger partial charge in [0, 0.05) is 24.2 Å². The molecule has 108 valence electrons. The summed E-state index contributed by atoms with van der Waals surface area (Å²) in [7, 11) is 1.80. The van der Waals surface area contributed by atoms with E-state index in [1.54, 1.807) is 7.05 Å². The van der Waals surface area contributed by atoms with Crippen molar-refractivity contribution in [2.45, 2.75) is 27.7 Å². The van der Waals surface area contributed by atoms with Crippen molar-refractivity contribution < 1.29 is 9.50 Å². The number of aryl methyl sites for hydroxylation is 1. The predicted molar refractivity (Wildman–Crippen MR) is 79.5 cm³/mol. The van der Waals surface area contributed by atoms with E-state index in [4.69, 9.17) is 0 Å². The first-order valence-electron chi connectivity index (χ1n) is 6.55. The van der Waals surface area contributed by atoms with Gasteiger partial charge in [0.2, 0.25) is 0 Å². The molecule has 1 heterocycles. The summed E-state index contributed by atoms with van der Waals surface area (Å²) in [5, 5.41) is 20.9. The van der Waals surface area contributed by atoms with Crippen LogP contribution in [0.15, 0.2) is 18.2 Å². The summed E-state index contributed by atoms with van der Waals surface area (Å²) in [6.07, 6.45) is 0. The molecule has 2 N–H and O–H groups in total. The zero-order valence-electron chi connectivity index (χ0n) is 12.5. The average molecular weight is 277 g/mol. The largest absolute Gasteiger partial charge is 0.507 e. The van der Waals surface area contributed by atoms with Crippen molar-refractivity contribution >= 4 is 5.69 Å². The molecule has 2 rings (SSSR count). The third-order valence-electron chi connectivity index (χ3n) is 2.86. The summed E-state index contributed by atoms with van der Waals surface area (Å²) in [4.78, 5) is 0. The van der Waals surface area contributed by atoms with E-state index in [-0.39, 0.29) is 5.75 Å². The number of nitrogens with zero attached hydrogens (tertiary/aromatic N) is 2. The number of hydrogen-bond acceptors (Lipinski definition) is 4. The number of anilines is 1. The van der Waals surface area contributed by atoms with Crippen molar-refractivity contribution in [2.75, 3.05) is 12.4 Å². The standard InChI is InChI=1S/C13H14FN3O.C2H6/c1-7-12(15-3)8(2)16-17-13(7)10-5-4-9(14)6-11(10)18;1-2/h4-6,18H,1-3H3,(H,15,17);1-2H3. The summed E-state index contributed by atoms with van der Waals surface area (Å²) >= 11 is 0. The van der Waals surface area contributed by atoms with Crippen molar-refractivity contribution in [3.05, 3.63) is 35.3 Å². The Labute approximate surface area is 118 Å². The van der Waals surface area contributed by atoms with Gasteiger partial charge in [0.15, 0.2) is 0 Å². The van der Waals surface area contributed by atoms with Gasteiger partial charge in [0.25, 0.3) is 0 Å². The van der Waals surface area contributed by atoms with Crippen molar-refractivity contribution in [1.82, 2.24) is 10.2 Å². The highest BCUT2D eigenvalue weighted by molar-refractivity contribution is 5.74. The fourth-order valence-electron chi connectivity index (χ4n) is 1.97. The fourth-order valence-corrected chi connectivity index (χ4v) is 1.97. The minimum atomic E-state index is -0.484. The highest BCUT2D eigenvalue weighted by atomic mass is 19.1. The Morgan fingerprint density at radius 1 is 1.15 bits per heavy atom. The Hall–Kier alpha value is -2.17. The Morgan fingerprint density at radius 2 is 1.80 bits per heavy atom. The van der Waals surface area contributed by atoms with E-state index in [1.807, 2.05) is 27.7 Å². The fraction of sp³-hybridized carbons (Fsp3) is 0.333. The maximum atomic E-state index is 13.0. The molecule has 0 fully saturated rings. The zero-order valence-corrected chi connectivity index (χ0v) is 12.5. The highest BCUT2D eigenvalue weighted by Gasteiger charge is 2.14. The van der Waals surface area contributed by atoms with E-state index in [2.05, 4.69) is 15.5 Å². The van der Waals surface area contributed by atoms with Crippen LogP contribution in [0, 0.1) is 19.7 Å². The molecule has 5 heteroatoms. The normalized spacial score (nSPS) is 9.70. The minimum Gasteiger partial charge on any atom is -0.507 e. The summed E-state index contributed by atoms with van der Waals surface area (Å²) in [6, 6.07) is 3.85. The molecule has 1 aromatic heterocycles. The van der Waals surface area contributed by atoms with Crippen LogP contribution in [0.1, 0.15) is 25.1 Å². The first-order valence-corrected chi connectivity index (χ1v) is 6.55. The molecule has 0 bridgehead atoms. The van der Waals surface area contributed by atoms with Crippen LogP contribution in [0.2, 0.25) is 0 Å². The summed E-state index contributed by atoms with van der Waals surface area (Å²) in [6.45, 7) is 7.73. The molecule has 0 amide bonds. The molecule has 0 unspecified atom stereocenters. The molecule has 1 aromatic carbocycles. The molecule has 0 aliphatic carbocycles. The van der Waals surface area contributed by atoms with Gasteiger partial charge in [-0.05, 0) is 26.0 Å². The lowest BCUT2D eigenvalue weighted by molar-refractivity contribution is 0.471. The Kier molecular flexibility index (Phi) is 5.43. The number of aromatic nitrogens is 2. The van der Waals surface area contributed by atoms with E-state index in [9.17, 15) is 9.50 Å². The van der Waals surface area contributed by atoms with Gasteiger partial charge in [-0.1, -0.05) is 13.8 Å². The lowest BCUT2D eigenvalue weighted by Crippen LogP contribution is -2.02. The monoisotopic (exact) mass is 277 g/mol. The van der Waals surface area contributed by atoms with Crippen molar-refractivity contribution in [1.29, 1.82) is 0 Å². The molecule has 0 spiro atoms. The second-order valence-electron chi connectivity index (χ2n) is 4.05. The molecule has 0 radical (unpaired) electrons. The molecule has 4 nitrogen and oxygen atoms in total. The van der Waals surface area contributed by atoms with E-state index in [1.165, 1.54) is 12.1 Å². The average Bonchev–Trinajstić information content (AvgIpc) is 2.43. The van der Waals surface area contributed by atoms with Crippen LogP contribution in [0.3, 0.4) is 0 Å². The smallest absolute Gasteiger partial charge is 0.127 e. The van der Waals surface area contributed by atoms with Crippen molar-refractivity contribution in [3.8, 4) is 17.0 Å². The second kappa shape index (κ2) is 6.84. The van der Waals surface area contributed by atoms with Gasteiger partial charge < -0.3 is 10.4 Å². The number of phenols is 1. The number of hydrogen-bond donors (Lipinski definition) is 2. The number of aromatic hydroxyl groups is 1. The number of benzene rings is 1. The molecule has 0 saturated heterocycles. The van der Waals surface area contributed by atoms with Crippen molar-refractivity contribution in [3.63, 3.8) is 0 Å². The predicted octanol–water partition coefficient (Wildman–Crippen LogP) is 3.67. The van der Waals surface area contributed by atoms with Gasteiger partial charge in [0.1, 0.15) is 17.3 Å². The van der Waals surface area contributed by atoms with E-state index >= 15 is 0 Å². The zero-order chi connectivity index (χ0) is 15.3. The Bertz CT molecular complexity index is 600. The molecule has 0 aliphatic rings. The lowest BCUT2D eigenvalue weighted by atomic mass is 10.0. The van der Waals surface area contributed by atoms with Crippen LogP contribution in [-0.2, 0) is 0 Å². The van der Waals surface area contributed by atoms with Gasteiger partial charge in [-0.3, -0.25) is 0 Å². The quantitative estimate of drug-likeness (QED) is 0.879. The number of rotatable bonds is 2. The lowest BCUT2D eigenvalue weighted by Gasteiger charge is -2.12. The van der Waals surface area contributed by atoms with Gasteiger partial charge in [-0.2, -0.15) is 5.10 Å². The van der Waals surface area contributed by atoms with Crippen LogP contribution in [0.5, 0.6) is 5.75 Å². The van der Waals surface area contributed by atoms with Gasteiger partial charge >= 0.3 is 0 Å². The molecular weight excluding hydrogens is 257 g/mol. The topological polar surface area (TPSA) is 58.0 Å². The molecule has 0 saturated carbocycles. The first-order chi connectivity index (χ1) is 9.54. The maximum Gasteiger partial charge on any atom is 0.127 e. The first kappa shape index (κ1) is 15.9. The summed E-state index contributed by atoms with van der Waals surface area (Å²) in [5.74, 6) is -0.624. The number of phenolic OH excluding ortho intramolecular Hbond substituents is 1. The van der Waals surface area contributed by atoms with Gasteiger partial charge in [-0.15, -0.1) is 5.10 Å². The Morgan fingerprint density at radius 3 is 2.35 bits per heavy atom. The van der Waals surface area contributed by atoms with Crippen molar-refractivity contribution in [2.24, 2.45) is 0 Å². The van der Waals surface area contributed by atoms with E-state index in [0.717, 1.165) is 23.0 Å². The number of nitrogens with one attached hydrogen (secondary N) is 1. The highest BCUT2D eigenvalue weighted by Crippen LogP contribution is 2.33. The number of halogens is 1. The van der Waals surface area contributed by atoms with Crippen LogP contribution < -0.4 is 5.32 Å². The molecule has 20 heavy (non-hydrogen) atoms. The molecule has 0 aliphatic heterocycles. The second-order valence-corrected chi connectivity index (χ2v) is 4.05. The minimum absolute atomic E-state index is 0.140. The Balaban J connectivity index is 0.000000956. The third kappa shape index (κ3) is 3.04. The summed E-state index contributed by atoms with van der Waals surface area (Å²) < 4.78 is 13.0. The van der Waals surface area contributed by atoms with Gasteiger partial charge in [0.05, 0.1) is 11.4 Å². The maximum absolute atomic E-state index is 13.0. The molecule has 0 atom stereocenters. The van der Waals surface area contributed by atoms with E-state index < -0.39 is 5.82 Å².